The molecule has 0 amide bonds. The van der Waals surface area contributed by atoms with Crippen LogP contribution in [0.4, 0.5) is 5.69 Å². The van der Waals surface area contributed by atoms with Crippen molar-refractivity contribution in [2.45, 2.75) is 6.10 Å². The van der Waals surface area contributed by atoms with Gasteiger partial charge < -0.3 is 24.2 Å². The Labute approximate surface area is 157 Å². The molecular formula is C20H21N3O4. The van der Waals surface area contributed by atoms with Crippen LogP contribution in [0.3, 0.4) is 0 Å². The molecule has 27 heavy (non-hydrogen) atoms. The summed E-state index contributed by atoms with van der Waals surface area (Å²) in [6, 6.07) is 10.9. The van der Waals surface area contributed by atoms with E-state index in [1.807, 2.05) is 24.3 Å². The van der Waals surface area contributed by atoms with E-state index in [1.54, 1.807) is 32.5 Å². The van der Waals surface area contributed by atoms with Gasteiger partial charge in [-0.15, -0.1) is 0 Å². The molecule has 1 N–H and O–H groups in total. The van der Waals surface area contributed by atoms with Crippen molar-refractivity contribution in [1.82, 2.24) is 10.2 Å². The molecule has 0 aliphatic carbocycles. The summed E-state index contributed by atoms with van der Waals surface area (Å²) in [4.78, 5) is 2.24. The third-order valence-corrected chi connectivity index (χ3v) is 4.80. The van der Waals surface area contributed by atoms with E-state index in [0.29, 0.717) is 24.7 Å². The van der Waals surface area contributed by atoms with Gasteiger partial charge in [-0.25, -0.2) is 0 Å². The van der Waals surface area contributed by atoms with Gasteiger partial charge in [0, 0.05) is 24.5 Å². The van der Waals surface area contributed by atoms with Crippen molar-refractivity contribution >= 4 is 16.6 Å². The number of ether oxygens (including phenoxy) is 3. The van der Waals surface area contributed by atoms with Crippen molar-refractivity contribution in [1.29, 1.82) is 0 Å². The van der Waals surface area contributed by atoms with Gasteiger partial charge in [-0.3, -0.25) is 0 Å². The molecule has 1 aromatic heterocycles. The number of methoxy groups -OCH3 is 2. The lowest BCUT2D eigenvalue weighted by Gasteiger charge is -2.35. The Morgan fingerprint density at radius 1 is 1.11 bits per heavy atom. The first-order valence-electron chi connectivity index (χ1n) is 8.72. The maximum Gasteiger partial charge on any atom is 0.162 e. The van der Waals surface area contributed by atoms with Gasteiger partial charge in [0.15, 0.2) is 11.5 Å². The lowest BCUT2D eigenvalue weighted by molar-refractivity contribution is 0.0398. The summed E-state index contributed by atoms with van der Waals surface area (Å²) in [6.07, 6.45) is 1.69. The number of nitrogens with zero attached hydrogens (tertiary/aromatic N) is 3. The van der Waals surface area contributed by atoms with E-state index in [4.69, 9.17) is 14.2 Å². The zero-order valence-corrected chi connectivity index (χ0v) is 15.3. The fraction of sp³-hybridized carbons (Fsp3) is 0.300. The Morgan fingerprint density at radius 3 is 2.59 bits per heavy atom. The van der Waals surface area contributed by atoms with E-state index in [0.717, 1.165) is 28.7 Å². The number of fused-ring (bicyclic) bond motifs is 1. The lowest BCUT2D eigenvalue weighted by Crippen LogP contribution is -2.38. The maximum atomic E-state index is 9.51. The topological polar surface area (TPSA) is 76.9 Å². The Bertz CT molecular complexity index is 946. The highest BCUT2D eigenvalue weighted by molar-refractivity contribution is 5.93. The number of hydrogen-bond acceptors (Lipinski definition) is 7. The SMILES string of the molecule is COc1cc2nncc(N3CCOC(c4ccc(O)cc4)C3)c2cc1OC. The van der Waals surface area contributed by atoms with Crippen molar-refractivity contribution in [2.75, 3.05) is 38.8 Å². The summed E-state index contributed by atoms with van der Waals surface area (Å²) in [5.41, 5.74) is 2.76. The van der Waals surface area contributed by atoms with Gasteiger partial charge in [0.05, 0.1) is 38.2 Å². The number of morpholine rings is 1. The smallest absolute Gasteiger partial charge is 0.162 e. The molecule has 1 saturated heterocycles. The number of benzene rings is 2. The van der Waals surface area contributed by atoms with Crippen LogP contribution in [-0.4, -0.2) is 49.2 Å². The van der Waals surface area contributed by atoms with Crippen LogP contribution in [0.5, 0.6) is 17.2 Å². The molecule has 1 aliphatic rings. The third-order valence-electron chi connectivity index (χ3n) is 4.80. The standard InChI is InChI=1S/C20H21N3O4/c1-25-18-9-15-16(10-19(18)26-2)22-21-11-17(15)23-7-8-27-20(12-23)13-3-5-14(24)6-4-13/h3-6,9-11,20,24H,7-8,12H2,1-2H3. The van der Waals surface area contributed by atoms with Crippen molar-refractivity contribution < 1.29 is 19.3 Å². The molecule has 7 nitrogen and oxygen atoms in total. The highest BCUT2D eigenvalue weighted by Crippen LogP contribution is 2.36. The number of phenols is 1. The van der Waals surface area contributed by atoms with E-state index >= 15 is 0 Å². The van der Waals surface area contributed by atoms with E-state index in [1.165, 1.54) is 0 Å². The molecule has 140 valence electrons. The Hall–Kier alpha value is -3.06. The number of aromatic hydroxyl groups is 1. The molecule has 0 bridgehead atoms. The molecule has 0 saturated carbocycles. The molecule has 3 aromatic rings. The van der Waals surface area contributed by atoms with Gasteiger partial charge in [0.25, 0.3) is 0 Å². The highest BCUT2D eigenvalue weighted by Gasteiger charge is 2.24. The van der Waals surface area contributed by atoms with Crippen LogP contribution in [0.2, 0.25) is 0 Å². The predicted molar refractivity (Wildman–Crippen MR) is 102 cm³/mol. The fourth-order valence-corrected chi connectivity index (χ4v) is 3.38. The minimum absolute atomic E-state index is 0.0808. The first-order chi connectivity index (χ1) is 13.2. The second-order valence-corrected chi connectivity index (χ2v) is 6.35. The number of rotatable bonds is 4. The second-order valence-electron chi connectivity index (χ2n) is 6.35. The molecule has 7 heteroatoms. The van der Waals surface area contributed by atoms with E-state index in [-0.39, 0.29) is 11.9 Å². The van der Waals surface area contributed by atoms with E-state index < -0.39 is 0 Å². The van der Waals surface area contributed by atoms with Crippen molar-refractivity contribution in [2.24, 2.45) is 0 Å². The van der Waals surface area contributed by atoms with E-state index in [9.17, 15) is 5.11 Å². The van der Waals surface area contributed by atoms with Gasteiger partial charge in [0.2, 0.25) is 0 Å². The zero-order chi connectivity index (χ0) is 18.8. The Kier molecular flexibility index (Phi) is 4.68. The van der Waals surface area contributed by atoms with Gasteiger partial charge in [0.1, 0.15) is 11.9 Å². The van der Waals surface area contributed by atoms with Crippen molar-refractivity contribution in [3.63, 3.8) is 0 Å². The zero-order valence-electron chi connectivity index (χ0n) is 15.3. The average Bonchev–Trinajstić information content (AvgIpc) is 2.72. The maximum absolute atomic E-state index is 9.51. The van der Waals surface area contributed by atoms with Crippen LogP contribution >= 0.6 is 0 Å². The molecule has 2 aromatic carbocycles. The van der Waals surface area contributed by atoms with Gasteiger partial charge in [-0.05, 0) is 23.8 Å². The molecular weight excluding hydrogens is 346 g/mol. The predicted octanol–water partition coefficient (Wildman–Crippen LogP) is 2.93. The fourth-order valence-electron chi connectivity index (χ4n) is 3.38. The number of hydrogen-bond donors (Lipinski definition) is 1. The first-order valence-corrected chi connectivity index (χ1v) is 8.72. The highest BCUT2D eigenvalue weighted by atomic mass is 16.5. The summed E-state index contributed by atoms with van der Waals surface area (Å²) in [5, 5.41) is 18.9. The van der Waals surface area contributed by atoms with Crippen LogP contribution in [-0.2, 0) is 4.74 Å². The molecule has 1 atom stereocenters. The summed E-state index contributed by atoms with van der Waals surface area (Å²) >= 11 is 0. The molecule has 1 aliphatic heterocycles. The van der Waals surface area contributed by atoms with Crippen LogP contribution in [0.25, 0.3) is 10.9 Å². The van der Waals surface area contributed by atoms with Gasteiger partial charge in [-0.2, -0.15) is 10.2 Å². The summed E-state index contributed by atoms with van der Waals surface area (Å²) < 4.78 is 16.8. The molecule has 4 rings (SSSR count). The summed E-state index contributed by atoms with van der Waals surface area (Å²) in [7, 11) is 3.22. The Balaban J connectivity index is 1.69. The third kappa shape index (κ3) is 3.33. The average molecular weight is 367 g/mol. The van der Waals surface area contributed by atoms with Crippen LogP contribution in [0.1, 0.15) is 11.7 Å². The monoisotopic (exact) mass is 367 g/mol. The van der Waals surface area contributed by atoms with Gasteiger partial charge in [-0.1, -0.05) is 12.1 Å². The lowest BCUT2D eigenvalue weighted by atomic mass is 10.1. The quantitative estimate of drug-likeness (QED) is 0.760. The molecule has 1 fully saturated rings. The van der Waals surface area contributed by atoms with Crippen molar-refractivity contribution in [3.05, 3.63) is 48.2 Å². The molecule has 1 unspecified atom stereocenters. The number of aromatic nitrogens is 2. The Morgan fingerprint density at radius 2 is 1.85 bits per heavy atom. The molecule has 0 spiro atoms. The number of anilines is 1. The van der Waals surface area contributed by atoms with Gasteiger partial charge >= 0.3 is 0 Å². The van der Waals surface area contributed by atoms with Crippen LogP contribution in [0.15, 0.2) is 42.6 Å². The van der Waals surface area contributed by atoms with E-state index in [2.05, 4.69) is 15.1 Å². The molecule has 2 heterocycles. The first kappa shape index (κ1) is 17.4. The largest absolute Gasteiger partial charge is 0.508 e. The summed E-state index contributed by atoms with van der Waals surface area (Å²) in [6.45, 7) is 2.03. The summed E-state index contributed by atoms with van der Waals surface area (Å²) in [5.74, 6) is 1.53. The molecule has 0 radical (unpaired) electrons. The number of phenolic OH excluding ortho intramolecular Hbond substituents is 1. The van der Waals surface area contributed by atoms with Crippen LogP contribution in [0, 0.1) is 0 Å². The van der Waals surface area contributed by atoms with Crippen LogP contribution < -0.4 is 14.4 Å². The minimum Gasteiger partial charge on any atom is -0.508 e. The minimum atomic E-state index is -0.0808. The second kappa shape index (κ2) is 7.28. The normalized spacial score (nSPS) is 17.1. The van der Waals surface area contributed by atoms with Crippen molar-refractivity contribution in [3.8, 4) is 17.2 Å².